The minimum Gasteiger partial charge on any atom is -0.382 e. The Kier molecular flexibility index (Phi) is 8.06. The molecule has 0 aromatic heterocycles. The van der Waals surface area contributed by atoms with Crippen LogP contribution in [0.25, 0.3) is 0 Å². The van der Waals surface area contributed by atoms with Gasteiger partial charge in [0.25, 0.3) is 0 Å². The van der Waals surface area contributed by atoms with Crippen molar-refractivity contribution in [2.24, 2.45) is 5.14 Å². The maximum absolute atomic E-state index is 8.81. The van der Waals surface area contributed by atoms with Crippen molar-refractivity contribution in [2.45, 2.75) is 11.0 Å². The highest BCUT2D eigenvalue weighted by atomic mass is 32.2. The minimum absolute atomic E-state index is 0.275. The third kappa shape index (κ3) is 7.86. The number of nitrogens with two attached hydrogens (primary N) is 1. The molecule has 1 heterocycles. The van der Waals surface area contributed by atoms with Crippen LogP contribution in [0.3, 0.4) is 0 Å². The molecule has 1 fully saturated rings. The summed E-state index contributed by atoms with van der Waals surface area (Å²) < 4.78 is 5.69. The first-order chi connectivity index (χ1) is 10.0. The molecule has 1 aliphatic rings. The van der Waals surface area contributed by atoms with Crippen molar-refractivity contribution in [3.63, 3.8) is 0 Å². The topological polar surface area (TPSA) is 93.7 Å². The molecule has 118 valence electrons. The van der Waals surface area contributed by atoms with E-state index in [1.54, 1.807) is 0 Å². The fourth-order valence-corrected chi connectivity index (χ4v) is 2.17. The molecule has 1 atom stereocenters. The Balaban J connectivity index is 0.000000491. The van der Waals surface area contributed by atoms with Gasteiger partial charge in [-0.05, 0) is 43.3 Å². The third-order valence-corrected chi connectivity index (χ3v) is 3.41. The van der Waals surface area contributed by atoms with E-state index < -0.39 is 4.92 Å². The fraction of sp³-hybridized carbons (Fsp3) is 0.538. The first kappa shape index (κ1) is 17.7. The second kappa shape index (κ2) is 9.56. The summed E-state index contributed by atoms with van der Waals surface area (Å²) in [6.07, 6.45) is 0.275. The number of nitro groups is 1. The monoisotopic (exact) mass is 314 g/mol. The quantitative estimate of drug-likeness (QED) is 0.491. The Bertz CT molecular complexity index is 426. The number of rotatable bonds is 4. The lowest BCUT2D eigenvalue weighted by Crippen LogP contribution is -2.43. The van der Waals surface area contributed by atoms with Gasteiger partial charge in [-0.2, -0.15) is 0 Å². The molecule has 21 heavy (non-hydrogen) atoms. The van der Waals surface area contributed by atoms with Crippen LogP contribution in [0.4, 0.5) is 5.69 Å². The normalized spacial score (nSPS) is 18.5. The van der Waals surface area contributed by atoms with Crippen molar-refractivity contribution >= 4 is 17.6 Å². The van der Waals surface area contributed by atoms with E-state index in [9.17, 15) is 0 Å². The highest BCUT2D eigenvalue weighted by Crippen LogP contribution is 2.15. The van der Waals surface area contributed by atoms with Gasteiger partial charge in [0.1, 0.15) is 0 Å². The number of nitrogens with zero attached hydrogens (tertiary/aromatic N) is 2. The van der Waals surface area contributed by atoms with Crippen molar-refractivity contribution in [2.75, 3.05) is 45.7 Å². The predicted molar refractivity (Wildman–Crippen MR) is 85.1 cm³/mol. The van der Waals surface area contributed by atoms with Gasteiger partial charge in [0.15, 0.2) is 7.05 Å². The van der Waals surface area contributed by atoms with E-state index in [4.69, 9.17) is 20.0 Å². The Labute approximate surface area is 129 Å². The van der Waals surface area contributed by atoms with E-state index in [1.807, 2.05) is 24.3 Å². The molecule has 0 bridgehead atoms. The van der Waals surface area contributed by atoms with Crippen molar-refractivity contribution < 1.29 is 9.66 Å². The van der Waals surface area contributed by atoms with Crippen LogP contribution in [0, 0.1) is 10.1 Å². The number of nitrogens with one attached hydrogen (secondary N) is 1. The van der Waals surface area contributed by atoms with Crippen molar-refractivity contribution in [1.82, 2.24) is 4.90 Å². The van der Waals surface area contributed by atoms with Crippen LogP contribution in [-0.4, -0.2) is 56.3 Å². The maximum atomic E-state index is 8.81. The second-order valence-electron chi connectivity index (χ2n) is 4.72. The Hall–Kier alpha value is -1.35. The molecule has 0 amide bonds. The number of hydrogen-bond donors (Lipinski definition) is 2. The highest BCUT2D eigenvalue weighted by molar-refractivity contribution is 7.97. The molecule has 0 aliphatic carbocycles. The Morgan fingerprint density at radius 1 is 1.52 bits per heavy atom. The summed E-state index contributed by atoms with van der Waals surface area (Å²) in [6, 6.07) is 8.12. The lowest BCUT2D eigenvalue weighted by atomic mass is 10.2. The third-order valence-electron chi connectivity index (χ3n) is 2.87. The predicted octanol–water partition coefficient (Wildman–Crippen LogP) is 1.29. The molecular weight excluding hydrogens is 292 g/mol. The molecule has 1 aromatic carbocycles. The zero-order valence-electron chi connectivity index (χ0n) is 12.3. The van der Waals surface area contributed by atoms with E-state index in [1.165, 1.54) is 11.9 Å². The molecule has 8 heteroatoms. The summed E-state index contributed by atoms with van der Waals surface area (Å²) in [5.74, 6) is 0. The lowest BCUT2D eigenvalue weighted by Gasteiger charge is -2.30. The van der Waals surface area contributed by atoms with Crippen LogP contribution in [0.1, 0.15) is 0 Å². The first-order valence-electron chi connectivity index (χ1n) is 6.60. The van der Waals surface area contributed by atoms with Crippen LogP contribution in [-0.2, 0) is 4.74 Å². The van der Waals surface area contributed by atoms with Crippen LogP contribution < -0.4 is 10.5 Å². The van der Waals surface area contributed by atoms with E-state index in [2.05, 4.69) is 17.3 Å². The standard InChI is InChI=1S/C12H19N3OS.CH3NO2/c1-15-6-7-16-11(9-15)8-14-10-2-4-12(17-13)5-3-10;1-2(3)4/h2-5,11,14H,6-9,13H2,1H3;1H3. The number of benzene rings is 1. The van der Waals surface area contributed by atoms with Crippen LogP contribution in [0.2, 0.25) is 0 Å². The SMILES string of the molecule is CN1CCOC(CNc2ccc(SN)cc2)C1.C[N+](=O)[O-]. The molecular formula is C13H22N4O3S. The molecule has 1 aromatic rings. The number of hydrogen-bond acceptors (Lipinski definition) is 7. The van der Waals surface area contributed by atoms with E-state index in [0.717, 1.165) is 43.9 Å². The molecule has 0 radical (unpaired) electrons. The zero-order chi connectivity index (χ0) is 15.7. The second-order valence-corrected chi connectivity index (χ2v) is 5.42. The average molecular weight is 314 g/mol. The number of likely N-dealkylation sites (N-methyl/N-ethyl adjacent to an activating group) is 1. The van der Waals surface area contributed by atoms with E-state index >= 15 is 0 Å². The summed E-state index contributed by atoms with van der Waals surface area (Å²) in [7, 11) is 3.02. The largest absolute Gasteiger partial charge is 0.382 e. The van der Waals surface area contributed by atoms with Crippen LogP contribution in [0.15, 0.2) is 29.2 Å². The smallest absolute Gasteiger partial charge is 0.194 e. The van der Waals surface area contributed by atoms with Crippen molar-refractivity contribution in [1.29, 1.82) is 0 Å². The zero-order valence-corrected chi connectivity index (χ0v) is 13.1. The number of ether oxygens (including phenoxy) is 1. The number of anilines is 1. The van der Waals surface area contributed by atoms with Gasteiger partial charge in [-0.1, -0.05) is 0 Å². The Morgan fingerprint density at radius 3 is 2.67 bits per heavy atom. The molecule has 0 spiro atoms. The first-order valence-corrected chi connectivity index (χ1v) is 7.48. The van der Waals surface area contributed by atoms with E-state index in [0.29, 0.717) is 0 Å². The van der Waals surface area contributed by atoms with Crippen LogP contribution in [0.5, 0.6) is 0 Å². The summed E-state index contributed by atoms with van der Waals surface area (Å²) in [4.78, 5) is 11.7. The van der Waals surface area contributed by atoms with E-state index in [-0.39, 0.29) is 6.10 Å². The fourth-order valence-electron chi connectivity index (χ4n) is 1.87. The van der Waals surface area contributed by atoms with Gasteiger partial charge in [0.2, 0.25) is 0 Å². The van der Waals surface area contributed by atoms with Gasteiger partial charge < -0.3 is 15.0 Å². The molecule has 1 saturated heterocycles. The summed E-state index contributed by atoms with van der Waals surface area (Å²) in [5, 5.41) is 17.7. The lowest BCUT2D eigenvalue weighted by molar-refractivity contribution is -0.445. The van der Waals surface area contributed by atoms with Crippen LogP contribution >= 0.6 is 11.9 Å². The Morgan fingerprint density at radius 2 is 2.14 bits per heavy atom. The molecule has 7 nitrogen and oxygen atoms in total. The molecule has 1 unspecified atom stereocenters. The van der Waals surface area contributed by atoms with Gasteiger partial charge in [0, 0.05) is 35.1 Å². The van der Waals surface area contributed by atoms with Gasteiger partial charge in [-0.3, -0.25) is 15.3 Å². The molecule has 3 N–H and O–H groups in total. The van der Waals surface area contributed by atoms with Gasteiger partial charge >= 0.3 is 0 Å². The minimum atomic E-state index is -0.500. The van der Waals surface area contributed by atoms with Gasteiger partial charge in [-0.15, -0.1) is 0 Å². The van der Waals surface area contributed by atoms with Gasteiger partial charge in [0.05, 0.1) is 12.7 Å². The summed E-state index contributed by atoms with van der Waals surface area (Å²) >= 11 is 1.26. The summed E-state index contributed by atoms with van der Waals surface area (Å²) in [6.45, 7) is 3.69. The summed E-state index contributed by atoms with van der Waals surface area (Å²) in [5.41, 5.74) is 1.11. The van der Waals surface area contributed by atoms with Gasteiger partial charge in [-0.25, -0.2) is 0 Å². The molecule has 2 rings (SSSR count). The average Bonchev–Trinajstić information content (AvgIpc) is 2.45. The molecule has 1 aliphatic heterocycles. The highest BCUT2D eigenvalue weighted by Gasteiger charge is 2.16. The maximum Gasteiger partial charge on any atom is 0.194 e. The number of morpholine rings is 1. The molecule has 0 saturated carbocycles. The van der Waals surface area contributed by atoms with Crippen molar-refractivity contribution in [3.05, 3.63) is 34.4 Å². The van der Waals surface area contributed by atoms with Crippen molar-refractivity contribution in [3.8, 4) is 0 Å².